The number of para-hydroxylation sites is 1. The van der Waals surface area contributed by atoms with Crippen molar-refractivity contribution in [1.82, 2.24) is 9.99 Å². The van der Waals surface area contributed by atoms with E-state index in [1.165, 1.54) is 0 Å². The van der Waals surface area contributed by atoms with Crippen molar-refractivity contribution in [2.24, 2.45) is 5.10 Å². The molecule has 0 aliphatic heterocycles. The lowest BCUT2D eigenvalue weighted by atomic mass is 10.2. The first-order chi connectivity index (χ1) is 12.1. The number of aryl methyl sites for hydroxylation is 1. The molecule has 0 bridgehead atoms. The van der Waals surface area contributed by atoms with E-state index >= 15 is 0 Å². The van der Waals surface area contributed by atoms with Crippen molar-refractivity contribution in [3.05, 3.63) is 87.7 Å². The first-order valence-electron chi connectivity index (χ1n) is 7.90. The Morgan fingerprint density at radius 3 is 2.48 bits per heavy atom. The molecule has 0 atom stereocenters. The standard InChI is InChI=1S/C20H18BrN3O/c1-14-12-18(15(2)24(14)17-9-4-3-5-10-17)20(25)23-22-13-16-8-6-7-11-19(16)21/h3-13H,1-2H3,(H,23,25)/b22-13+. The highest BCUT2D eigenvalue weighted by Gasteiger charge is 2.16. The molecule has 2 aromatic carbocycles. The summed E-state index contributed by atoms with van der Waals surface area (Å²) in [4.78, 5) is 12.5. The van der Waals surface area contributed by atoms with Crippen LogP contribution in [-0.2, 0) is 0 Å². The predicted molar refractivity (Wildman–Crippen MR) is 104 cm³/mol. The van der Waals surface area contributed by atoms with Crippen LogP contribution in [0.4, 0.5) is 0 Å². The van der Waals surface area contributed by atoms with Crippen LogP contribution in [-0.4, -0.2) is 16.7 Å². The monoisotopic (exact) mass is 395 g/mol. The van der Waals surface area contributed by atoms with Crippen LogP contribution in [0.1, 0.15) is 27.3 Å². The largest absolute Gasteiger partial charge is 0.318 e. The van der Waals surface area contributed by atoms with E-state index in [4.69, 9.17) is 0 Å². The number of benzene rings is 2. The van der Waals surface area contributed by atoms with Crippen LogP contribution in [0, 0.1) is 13.8 Å². The Bertz CT molecular complexity index is 929. The molecule has 0 aliphatic rings. The van der Waals surface area contributed by atoms with Crippen LogP contribution in [0.3, 0.4) is 0 Å². The third-order valence-corrected chi connectivity index (χ3v) is 4.69. The molecule has 0 fully saturated rings. The van der Waals surface area contributed by atoms with Crippen molar-refractivity contribution in [2.75, 3.05) is 0 Å². The van der Waals surface area contributed by atoms with Gasteiger partial charge in [0.15, 0.2) is 0 Å². The van der Waals surface area contributed by atoms with E-state index in [1.807, 2.05) is 74.5 Å². The number of amides is 1. The molecule has 1 N–H and O–H groups in total. The van der Waals surface area contributed by atoms with E-state index < -0.39 is 0 Å². The number of rotatable bonds is 4. The van der Waals surface area contributed by atoms with Crippen molar-refractivity contribution in [3.8, 4) is 5.69 Å². The lowest BCUT2D eigenvalue weighted by molar-refractivity contribution is 0.0954. The van der Waals surface area contributed by atoms with Crippen molar-refractivity contribution in [3.63, 3.8) is 0 Å². The zero-order chi connectivity index (χ0) is 17.8. The molecule has 0 saturated heterocycles. The molecule has 0 spiro atoms. The Morgan fingerprint density at radius 2 is 1.76 bits per heavy atom. The van der Waals surface area contributed by atoms with Gasteiger partial charge < -0.3 is 4.57 Å². The lowest BCUT2D eigenvalue weighted by Crippen LogP contribution is -2.18. The third kappa shape index (κ3) is 3.72. The van der Waals surface area contributed by atoms with E-state index in [-0.39, 0.29) is 5.91 Å². The molecule has 25 heavy (non-hydrogen) atoms. The lowest BCUT2D eigenvalue weighted by Gasteiger charge is -2.09. The van der Waals surface area contributed by atoms with Gasteiger partial charge in [0.2, 0.25) is 0 Å². The van der Waals surface area contributed by atoms with Crippen molar-refractivity contribution >= 4 is 28.1 Å². The summed E-state index contributed by atoms with van der Waals surface area (Å²) in [6, 6.07) is 19.6. The molecule has 1 heterocycles. The van der Waals surface area contributed by atoms with Gasteiger partial charge in [0.25, 0.3) is 5.91 Å². The maximum Gasteiger partial charge on any atom is 0.273 e. The van der Waals surface area contributed by atoms with Gasteiger partial charge in [-0.15, -0.1) is 0 Å². The highest BCUT2D eigenvalue weighted by atomic mass is 79.9. The quantitative estimate of drug-likeness (QED) is 0.508. The van der Waals surface area contributed by atoms with E-state index in [2.05, 4.69) is 31.0 Å². The molecule has 4 nitrogen and oxygen atoms in total. The third-order valence-electron chi connectivity index (χ3n) is 3.97. The Kier molecular flexibility index (Phi) is 5.14. The fourth-order valence-corrected chi connectivity index (χ4v) is 3.15. The van der Waals surface area contributed by atoms with Crippen LogP contribution >= 0.6 is 15.9 Å². The molecule has 3 aromatic rings. The number of aromatic nitrogens is 1. The number of hydrogen-bond acceptors (Lipinski definition) is 2. The second-order valence-corrected chi connectivity index (χ2v) is 6.53. The van der Waals surface area contributed by atoms with Gasteiger partial charge in [0, 0.05) is 27.1 Å². The molecule has 0 aliphatic carbocycles. The van der Waals surface area contributed by atoms with Crippen LogP contribution in [0.2, 0.25) is 0 Å². The minimum Gasteiger partial charge on any atom is -0.318 e. The van der Waals surface area contributed by atoms with Crippen molar-refractivity contribution in [2.45, 2.75) is 13.8 Å². The Labute approximate surface area is 155 Å². The summed E-state index contributed by atoms with van der Waals surface area (Å²) < 4.78 is 2.99. The van der Waals surface area contributed by atoms with Gasteiger partial charge in [-0.2, -0.15) is 5.10 Å². The van der Waals surface area contributed by atoms with Crippen LogP contribution < -0.4 is 5.43 Å². The van der Waals surface area contributed by atoms with Gasteiger partial charge in [-0.05, 0) is 38.1 Å². The zero-order valence-electron chi connectivity index (χ0n) is 14.0. The van der Waals surface area contributed by atoms with Gasteiger partial charge in [-0.1, -0.05) is 52.3 Å². The fourth-order valence-electron chi connectivity index (χ4n) is 2.77. The van der Waals surface area contributed by atoms with Gasteiger partial charge in [0.1, 0.15) is 0 Å². The predicted octanol–water partition coefficient (Wildman–Crippen LogP) is 4.62. The topological polar surface area (TPSA) is 46.4 Å². The van der Waals surface area contributed by atoms with Crippen LogP contribution in [0.25, 0.3) is 5.69 Å². The SMILES string of the molecule is Cc1cc(C(=O)N/N=C/c2ccccc2Br)c(C)n1-c1ccccc1. The Balaban J connectivity index is 1.81. The van der Waals surface area contributed by atoms with E-state index in [9.17, 15) is 4.79 Å². The minimum atomic E-state index is -0.224. The van der Waals surface area contributed by atoms with Crippen LogP contribution in [0.15, 0.2) is 70.2 Å². The van der Waals surface area contributed by atoms with Gasteiger partial charge >= 0.3 is 0 Å². The summed E-state index contributed by atoms with van der Waals surface area (Å²) in [5, 5.41) is 4.07. The zero-order valence-corrected chi connectivity index (χ0v) is 15.6. The van der Waals surface area contributed by atoms with E-state index in [1.54, 1.807) is 6.21 Å². The van der Waals surface area contributed by atoms with E-state index in [0.717, 1.165) is 27.1 Å². The average molecular weight is 396 g/mol. The molecule has 1 aromatic heterocycles. The summed E-state index contributed by atoms with van der Waals surface area (Å²) >= 11 is 3.45. The average Bonchev–Trinajstić information content (AvgIpc) is 2.92. The maximum atomic E-state index is 12.5. The Morgan fingerprint density at radius 1 is 1.08 bits per heavy atom. The molecule has 126 valence electrons. The number of hydrogen-bond donors (Lipinski definition) is 1. The summed E-state index contributed by atoms with van der Waals surface area (Å²) in [6.45, 7) is 3.92. The minimum absolute atomic E-state index is 0.224. The summed E-state index contributed by atoms with van der Waals surface area (Å²) in [5.41, 5.74) is 7.05. The molecule has 0 saturated carbocycles. The molecular weight excluding hydrogens is 378 g/mol. The van der Waals surface area contributed by atoms with Crippen molar-refractivity contribution in [1.29, 1.82) is 0 Å². The highest BCUT2D eigenvalue weighted by molar-refractivity contribution is 9.10. The number of hydrazone groups is 1. The second-order valence-electron chi connectivity index (χ2n) is 5.68. The maximum absolute atomic E-state index is 12.5. The molecule has 3 rings (SSSR count). The Hall–Kier alpha value is -2.66. The number of carbonyl (C=O) groups excluding carboxylic acids is 1. The van der Waals surface area contributed by atoms with Crippen molar-refractivity contribution < 1.29 is 4.79 Å². The number of nitrogens with one attached hydrogen (secondary N) is 1. The van der Waals surface area contributed by atoms with Gasteiger partial charge in [-0.3, -0.25) is 4.79 Å². The highest BCUT2D eigenvalue weighted by Crippen LogP contribution is 2.20. The number of nitrogens with zero attached hydrogens (tertiary/aromatic N) is 2. The van der Waals surface area contributed by atoms with E-state index in [0.29, 0.717) is 5.56 Å². The summed E-state index contributed by atoms with van der Waals surface area (Å²) in [7, 11) is 0. The summed E-state index contributed by atoms with van der Waals surface area (Å²) in [6.07, 6.45) is 1.62. The first kappa shape index (κ1) is 17.2. The second kappa shape index (κ2) is 7.49. The van der Waals surface area contributed by atoms with Gasteiger partial charge in [-0.25, -0.2) is 5.43 Å². The fraction of sp³-hybridized carbons (Fsp3) is 0.100. The smallest absolute Gasteiger partial charge is 0.273 e. The normalized spacial score (nSPS) is 11.0. The number of carbonyl (C=O) groups is 1. The van der Waals surface area contributed by atoms with Crippen LogP contribution in [0.5, 0.6) is 0 Å². The van der Waals surface area contributed by atoms with Gasteiger partial charge in [0.05, 0.1) is 11.8 Å². The molecule has 1 amide bonds. The number of halogens is 1. The molecule has 5 heteroatoms. The molecule has 0 radical (unpaired) electrons. The summed E-state index contributed by atoms with van der Waals surface area (Å²) in [5.74, 6) is -0.224. The first-order valence-corrected chi connectivity index (χ1v) is 8.69. The molecule has 0 unspecified atom stereocenters. The molecular formula is C20H18BrN3O.